The van der Waals surface area contributed by atoms with E-state index in [1.165, 1.54) is 0 Å². The van der Waals surface area contributed by atoms with Gasteiger partial charge in [0.05, 0.1) is 6.42 Å². The molecule has 0 aliphatic rings. The quantitative estimate of drug-likeness (QED) is 0.636. The van der Waals surface area contributed by atoms with Gasteiger partial charge in [-0.1, -0.05) is 0 Å². The number of carboxylic acids is 1. The molecule has 0 bridgehead atoms. The number of aliphatic carboxylic acids is 1. The van der Waals surface area contributed by atoms with Crippen LogP contribution in [0.15, 0.2) is 24.3 Å². The fourth-order valence-electron chi connectivity index (χ4n) is 1.51. The largest absolute Gasteiger partial charge is 0.481 e. The third-order valence-electron chi connectivity index (χ3n) is 2.45. The Hall–Kier alpha value is -2.57. The van der Waals surface area contributed by atoms with Crippen molar-refractivity contribution in [2.45, 2.75) is 26.3 Å². The van der Waals surface area contributed by atoms with Gasteiger partial charge in [0.15, 0.2) is 0 Å². The van der Waals surface area contributed by atoms with Crippen molar-refractivity contribution < 1.29 is 19.5 Å². The zero-order valence-electron chi connectivity index (χ0n) is 12.0. The first-order valence-corrected chi connectivity index (χ1v) is 6.56. The van der Waals surface area contributed by atoms with Gasteiger partial charge in [0.2, 0.25) is 0 Å². The molecule has 0 saturated heterocycles. The number of anilines is 1. The first-order chi connectivity index (χ1) is 9.88. The standard InChI is InChI=1S/C14H19N3O4/c1-9(2)16-13(20)10-3-5-11(6-4-10)17-14(21)15-8-7-12(18)19/h3-6,9H,7-8H2,1-2H3,(H,16,20)(H,18,19)(H2,15,17,21). The van der Waals surface area contributed by atoms with Gasteiger partial charge in [-0.25, -0.2) is 4.79 Å². The normalized spacial score (nSPS) is 10.0. The third-order valence-corrected chi connectivity index (χ3v) is 2.45. The molecule has 0 unspecified atom stereocenters. The summed E-state index contributed by atoms with van der Waals surface area (Å²) in [7, 11) is 0. The van der Waals surface area contributed by atoms with Crippen LogP contribution in [0, 0.1) is 0 Å². The second-order valence-electron chi connectivity index (χ2n) is 4.73. The number of nitrogens with one attached hydrogen (secondary N) is 3. The van der Waals surface area contributed by atoms with Crippen LogP contribution in [0.4, 0.5) is 10.5 Å². The summed E-state index contributed by atoms with van der Waals surface area (Å²) in [6, 6.07) is 5.97. The number of carboxylic acid groups (broad SMARTS) is 1. The van der Waals surface area contributed by atoms with Crippen molar-refractivity contribution in [2.75, 3.05) is 11.9 Å². The van der Waals surface area contributed by atoms with Crippen LogP contribution in [0.3, 0.4) is 0 Å². The summed E-state index contributed by atoms with van der Waals surface area (Å²) in [6.07, 6.45) is -0.137. The molecule has 4 N–H and O–H groups in total. The highest BCUT2D eigenvalue weighted by atomic mass is 16.4. The van der Waals surface area contributed by atoms with E-state index < -0.39 is 12.0 Å². The number of hydrogen-bond donors (Lipinski definition) is 4. The van der Waals surface area contributed by atoms with Crippen LogP contribution >= 0.6 is 0 Å². The van der Waals surface area contributed by atoms with Gasteiger partial charge in [0, 0.05) is 23.8 Å². The van der Waals surface area contributed by atoms with Crippen molar-refractivity contribution in [1.82, 2.24) is 10.6 Å². The Morgan fingerprint density at radius 3 is 2.29 bits per heavy atom. The summed E-state index contributed by atoms with van der Waals surface area (Å²) in [6.45, 7) is 3.79. The lowest BCUT2D eigenvalue weighted by Gasteiger charge is -2.09. The molecule has 0 aromatic heterocycles. The van der Waals surface area contributed by atoms with Crippen LogP contribution in [0.5, 0.6) is 0 Å². The molecule has 7 nitrogen and oxygen atoms in total. The van der Waals surface area contributed by atoms with Gasteiger partial charge in [-0.15, -0.1) is 0 Å². The molecule has 3 amide bonds. The molecule has 0 fully saturated rings. The second kappa shape index (κ2) is 7.88. The maximum absolute atomic E-state index is 11.7. The number of urea groups is 1. The molecule has 1 aromatic carbocycles. The second-order valence-corrected chi connectivity index (χ2v) is 4.73. The average Bonchev–Trinajstić information content (AvgIpc) is 2.38. The van der Waals surface area contributed by atoms with Gasteiger partial charge in [-0.2, -0.15) is 0 Å². The van der Waals surface area contributed by atoms with Crippen molar-refractivity contribution in [1.29, 1.82) is 0 Å². The predicted octanol–water partition coefficient (Wildman–Crippen LogP) is 1.42. The van der Waals surface area contributed by atoms with Crippen LogP contribution < -0.4 is 16.0 Å². The van der Waals surface area contributed by atoms with E-state index in [0.29, 0.717) is 11.3 Å². The molecule has 0 aliphatic carbocycles. The van der Waals surface area contributed by atoms with E-state index in [9.17, 15) is 14.4 Å². The average molecular weight is 293 g/mol. The van der Waals surface area contributed by atoms with Crippen LogP contribution in [0.1, 0.15) is 30.6 Å². The Labute approximate surface area is 122 Å². The zero-order chi connectivity index (χ0) is 15.8. The zero-order valence-corrected chi connectivity index (χ0v) is 12.0. The van der Waals surface area contributed by atoms with E-state index in [1.54, 1.807) is 24.3 Å². The fourth-order valence-corrected chi connectivity index (χ4v) is 1.51. The maximum atomic E-state index is 11.7. The molecule has 0 spiro atoms. The summed E-state index contributed by atoms with van der Waals surface area (Å²) in [5, 5.41) is 16.2. The van der Waals surface area contributed by atoms with E-state index in [-0.39, 0.29) is 24.9 Å². The third kappa shape index (κ3) is 6.42. The van der Waals surface area contributed by atoms with Crippen LogP contribution in [0.25, 0.3) is 0 Å². The van der Waals surface area contributed by atoms with Gasteiger partial charge in [0.1, 0.15) is 0 Å². The van der Waals surface area contributed by atoms with Crippen LogP contribution in [-0.2, 0) is 4.79 Å². The summed E-state index contributed by atoms with van der Waals surface area (Å²) >= 11 is 0. The van der Waals surface area contributed by atoms with E-state index in [1.807, 2.05) is 13.8 Å². The highest BCUT2D eigenvalue weighted by molar-refractivity contribution is 5.95. The van der Waals surface area contributed by atoms with E-state index in [4.69, 9.17) is 5.11 Å². The monoisotopic (exact) mass is 293 g/mol. The Morgan fingerprint density at radius 1 is 1.14 bits per heavy atom. The molecule has 1 aromatic rings. The molecule has 114 valence electrons. The summed E-state index contributed by atoms with van der Waals surface area (Å²) in [5.74, 6) is -1.15. The number of hydrogen-bond acceptors (Lipinski definition) is 3. The number of amides is 3. The van der Waals surface area contributed by atoms with Crippen molar-refractivity contribution >= 4 is 23.6 Å². The number of rotatable bonds is 6. The molecule has 0 atom stereocenters. The van der Waals surface area contributed by atoms with E-state index >= 15 is 0 Å². The topological polar surface area (TPSA) is 108 Å². The molecular formula is C14H19N3O4. The van der Waals surface area contributed by atoms with Crippen molar-refractivity contribution in [3.8, 4) is 0 Å². The first-order valence-electron chi connectivity index (χ1n) is 6.56. The van der Waals surface area contributed by atoms with E-state index in [2.05, 4.69) is 16.0 Å². The minimum absolute atomic E-state index is 0.0512. The lowest BCUT2D eigenvalue weighted by molar-refractivity contribution is -0.136. The minimum Gasteiger partial charge on any atom is -0.481 e. The molecule has 7 heteroatoms. The lowest BCUT2D eigenvalue weighted by Crippen LogP contribution is -2.31. The Kier molecular flexibility index (Phi) is 6.19. The smallest absolute Gasteiger partial charge is 0.319 e. The van der Waals surface area contributed by atoms with Gasteiger partial charge >= 0.3 is 12.0 Å². The van der Waals surface area contributed by atoms with Gasteiger partial charge < -0.3 is 21.1 Å². The molecular weight excluding hydrogens is 274 g/mol. The molecule has 0 saturated carbocycles. The molecule has 21 heavy (non-hydrogen) atoms. The number of carbonyl (C=O) groups excluding carboxylic acids is 2. The highest BCUT2D eigenvalue weighted by Gasteiger charge is 2.07. The van der Waals surface area contributed by atoms with Gasteiger partial charge in [-0.3, -0.25) is 9.59 Å². The summed E-state index contributed by atoms with van der Waals surface area (Å²) in [4.78, 5) is 33.5. The van der Waals surface area contributed by atoms with Gasteiger partial charge in [0.25, 0.3) is 5.91 Å². The number of carbonyl (C=O) groups is 3. The summed E-state index contributed by atoms with van der Waals surface area (Å²) < 4.78 is 0. The van der Waals surface area contributed by atoms with Crippen LogP contribution in [0.2, 0.25) is 0 Å². The first kappa shape index (κ1) is 16.5. The lowest BCUT2D eigenvalue weighted by atomic mass is 10.2. The highest BCUT2D eigenvalue weighted by Crippen LogP contribution is 2.09. The number of benzene rings is 1. The van der Waals surface area contributed by atoms with Gasteiger partial charge in [-0.05, 0) is 38.1 Å². The predicted molar refractivity (Wildman–Crippen MR) is 78.3 cm³/mol. The fraction of sp³-hybridized carbons (Fsp3) is 0.357. The SMILES string of the molecule is CC(C)NC(=O)c1ccc(NC(=O)NCCC(=O)O)cc1. The van der Waals surface area contributed by atoms with Crippen LogP contribution in [-0.4, -0.2) is 35.6 Å². The molecule has 1 rings (SSSR count). The van der Waals surface area contributed by atoms with Crippen molar-refractivity contribution in [2.24, 2.45) is 0 Å². The van der Waals surface area contributed by atoms with E-state index in [0.717, 1.165) is 0 Å². The van der Waals surface area contributed by atoms with Crippen molar-refractivity contribution in [3.05, 3.63) is 29.8 Å². The minimum atomic E-state index is -0.976. The molecule has 0 radical (unpaired) electrons. The maximum Gasteiger partial charge on any atom is 0.319 e. The Morgan fingerprint density at radius 2 is 1.76 bits per heavy atom. The molecule has 0 aliphatic heterocycles. The Balaban J connectivity index is 2.49. The molecule has 0 heterocycles. The Bertz CT molecular complexity index is 511. The van der Waals surface area contributed by atoms with Crippen molar-refractivity contribution in [3.63, 3.8) is 0 Å². The summed E-state index contributed by atoms with van der Waals surface area (Å²) in [5.41, 5.74) is 1.02.